The standard InChI is InChI=1S/C17H20N2O2S/c1-21-17(20)14-4-2-3-13(9-14)12-5-7-16(8-6-12)19-10-15(18)11-22/h2-9,15,19,22H,10-11,18H2,1H3/t15-/m1/s1. The van der Waals surface area contributed by atoms with Gasteiger partial charge in [-0.15, -0.1) is 0 Å². The van der Waals surface area contributed by atoms with E-state index < -0.39 is 0 Å². The minimum Gasteiger partial charge on any atom is -0.465 e. The third-order valence-corrected chi connectivity index (χ3v) is 3.77. The summed E-state index contributed by atoms with van der Waals surface area (Å²) >= 11 is 4.16. The van der Waals surface area contributed by atoms with Crippen molar-refractivity contribution in [1.29, 1.82) is 0 Å². The van der Waals surface area contributed by atoms with Crippen molar-refractivity contribution in [2.24, 2.45) is 5.73 Å². The van der Waals surface area contributed by atoms with Crippen LogP contribution in [0.5, 0.6) is 0 Å². The van der Waals surface area contributed by atoms with Crippen molar-refractivity contribution in [1.82, 2.24) is 0 Å². The average molecular weight is 316 g/mol. The quantitative estimate of drug-likeness (QED) is 0.566. The van der Waals surface area contributed by atoms with Gasteiger partial charge in [-0.1, -0.05) is 24.3 Å². The molecule has 5 heteroatoms. The molecule has 0 heterocycles. The van der Waals surface area contributed by atoms with E-state index in [2.05, 4.69) is 17.9 Å². The lowest BCUT2D eigenvalue weighted by molar-refractivity contribution is 0.0601. The van der Waals surface area contributed by atoms with Gasteiger partial charge < -0.3 is 15.8 Å². The molecule has 2 rings (SSSR count). The molecule has 1 atom stereocenters. The van der Waals surface area contributed by atoms with Crippen LogP contribution < -0.4 is 11.1 Å². The van der Waals surface area contributed by atoms with Crippen LogP contribution in [0.25, 0.3) is 11.1 Å². The fourth-order valence-electron chi connectivity index (χ4n) is 2.04. The fraction of sp³-hybridized carbons (Fsp3) is 0.235. The first-order valence-electron chi connectivity index (χ1n) is 7.03. The van der Waals surface area contributed by atoms with Crippen molar-refractivity contribution in [2.45, 2.75) is 6.04 Å². The van der Waals surface area contributed by atoms with Crippen molar-refractivity contribution < 1.29 is 9.53 Å². The van der Waals surface area contributed by atoms with E-state index in [-0.39, 0.29) is 12.0 Å². The normalized spacial score (nSPS) is 11.8. The summed E-state index contributed by atoms with van der Waals surface area (Å²) in [4.78, 5) is 11.6. The molecule has 0 radical (unpaired) electrons. The van der Waals surface area contributed by atoms with Gasteiger partial charge in [0, 0.05) is 24.0 Å². The van der Waals surface area contributed by atoms with Gasteiger partial charge in [-0.05, 0) is 35.4 Å². The number of nitrogens with one attached hydrogen (secondary N) is 1. The molecule has 4 nitrogen and oxygen atoms in total. The Morgan fingerprint density at radius 3 is 2.59 bits per heavy atom. The van der Waals surface area contributed by atoms with Gasteiger partial charge in [0.1, 0.15) is 0 Å². The van der Waals surface area contributed by atoms with Gasteiger partial charge in [0.05, 0.1) is 12.7 Å². The molecule has 0 unspecified atom stereocenters. The Morgan fingerprint density at radius 1 is 1.23 bits per heavy atom. The summed E-state index contributed by atoms with van der Waals surface area (Å²) in [5, 5.41) is 3.26. The van der Waals surface area contributed by atoms with Crippen LogP contribution in [-0.2, 0) is 4.74 Å². The van der Waals surface area contributed by atoms with E-state index in [1.54, 1.807) is 6.07 Å². The Labute approximate surface area is 136 Å². The lowest BCUT2D eigenvalue weighted by atomic mass is 10.0. The predicted octanol–water partition coefficient (Wildman–Crippen LogP) is 2.81. The highest BCUT2D eigenvalue weighted by atomic mass is 32.1. The van der Waals surface area contributed by atoms with Crippen LogP contribution in [0.15, 0.2) is 48.5 Å². The number of benzene rings is 2. The van der Waals surface area contributed by atoms with Crippen molar-refractivity contribution in [3.63, 3.8) is 0 Å². The largest absolute Gasteiger partial charge is 0.465 e. The van der Waals surface area contributed by atoms with Crippen LogP contribution in [0.1, 0.15) is 10.4 Å². The van der Waals surface area contributed by atoms with Gasteiger partial charge >= 0.3 is 5.97 Å². The summed E-state index contributed by atoms with van der Waals surface area (Å²) in [7, 11) is 1.38. The molecule has 2 aromatic carbocycles. The minimum absolute atomic E-state index is 0.0275. The molecule has 3 N–H and O–H groups in total. The van der Waals surface area contributed by atoms with E-state index in [9.17, 15) is 4.79 Å². The Balaban J connectivity index is 2.11. The maximum Gasteiger partial charge on any atom is 0.337 e. The Kier molecular flexibility index (Phi) is 5.86. The number of thiol groups is 1. The maximum absolute atomic E-state index is 11.6. The number of carbonyl (C=O) groups is 1. The van der Waals surface area contributed by atoms with Crippen LogP contribution in [0, 0.1) is 0 Å². The smallest absolute Gasteiger partial charge is 0.337 e. The third kappa shape index (κ3) is 4.26. The van der Waals surface area contributed by atoms with Gasteiger partial charge in [0.25, 0.3) is 0 Å². The van der Waals surface area contributed by atoms with E-state index in [0.717, 1.165) is 16.8 Å². The minimum atomic E-state index is -0.333. The number of hydrogen-bond donors (Lipinski definition) is 3. The molecule has 22 heavy (non-hydrogen) atoms. The van der Waals surface area contributed by atoms with E-state index in [1.165, 1.54) is 7.11 Å². The Bertz CT molecular complexity index is 629. The van der Waals surface area contributed by atoms with Crippen molar-refractivity contribution in [3.8, 4) is 11.1 Å². The van der Waals surface area contributed by atoms with E-state index in [4.69, 9.17) is 10.5 Å². The van der Waals surface area contributed by atoms with E-state index >= 15 is 0 Å². The van der Waals surface area contributed by atoms with Crippen LogP contribution in [0.4, 0.5) is 5.69 Å². The van der Waals surface area contributed by atoms with Crippen LogP contribution in [0.2, 0.25) is 0 Å². The monoisotopic (exact) mass is 316 g/mol. The van der Waals surface area contributed by atoms with Crippen LogP contribution >= 0.6 is 12.6 Å². The topological polar surface area (TPSA) is 64.3 Å². The highest BCUT2D eigenvalue weighted by molar-refractivity contribution is 7.80. The van der Waals surface area contributed by atoms with E-state index in [1.807, 2.05) is 42.5 Å². The highest BCUT2D eigenvalue weighted by Gasteiger charge is 2.07. The van der Waals surface area contributed by atoms with E-state index in [0.29, 0.717) is 17.9 Å². The number of esters is 1. The number of methoxy groups -OCH3 is 1. The lowest BCUT2D eigenvalue weighted by Crippen LogP contribution is -2.30. The SMILES string of the molecule is COC(=O)c1cccc(-c2ccc(NC[C@@H](N)CS)cc2)c1. The molecule has 0 saturated carbocycles. The fourth-order valence-corrected chi connectivity index (χ4v) is 2.17. The second kappa shape index (κ2) is 7.87. The first-order chi connectivity index (χ1) is 10.6. The van der Waals surface area contributed by atoms with Crippen LogP contribution in [0.3, 0.4) is 0 Å². The number of anilines is 1. The summed E-state index contributed by atoms with van der Waals surface area (Å²) < 4.78 is 4.74. The van der Waals surface area contributed by atoms with Crippen molar-refractivity contribution >= 4 is 24.3 Å². The molecule has 116 valence electrons. The first-order valence-corrected chi connectivity index (χ1v) is 7.66. The van der Waals surface area contributed by atoms with Gasteiger partial charge in [0.2, 0.25) is 0 Å². The van der Waals surface area contributed by atoms with Gasteiger partial charge in [-0.3, -0.25) is 0 Å². The molecular formula is C17H20N2O2S. The third-order valence-electron chi connectivity index (χ3n) is 3.30. The molecule has 0 aliphatic rings. The van der Waals surface area contributed by atoms with Gasteiger partial charge in [-0.25, -0.2) is 4.79 Å². The molecule has 0 amide bonds. The second-order valence-corrected chi connectivity index (χ2v) is 5.34. The number of nitrogens with two attached hydrogens (primary N) is 1. The van der Waals surface area contributed by atoms with Gasteiger partial charge in [0.15, 0.2) is 0 Å². The molecule has 0 spiro atoms. The zero-order chi connectivity index (χ0) is 15.9. The summed E-state index contributed by atoms with van der Waals surface area (Å²) in [6.45, 7) is 0.681. The molecular weight excluding hydrogens is 296 g/mol. The molecule has 0 bridgehead atoms. The van der Waals surface area contributed by atoms with Crippen molar-refractivity contribution in [3.05, 3.63) is 54.1 Å². The predicted molar refractivity (Wildman–Crippen MR) is 93.5 cm³/mol. The molecule has 0 fully saturated rings. The second-order valence-electron chi connectivity index (χ2n) is 4.97. The average Bonchev–Trinajstić information content (AvgIpc) is 2.59. The number of rotatable bonds is 6. The summed E-state index contributed by atoms with van der Waals surface area (Å²) in [6, 6.07) is 15.4. The van der Waals surface area contributed by atoms with Crippen LogP contribution in [-0.4, -0.2) is 31.4 Å². The zero-order valence-electron chi connectivity index (χ0n) is 12.5. The zero-order valence-corrected chi connectivity index (χ0v) is 13.3. The number of ether oxygens (including phenoxy) is 1. The molecule has 0 aliphatic heterocycles. The van der Waals surface area contributed by atoms with Gasteiger partial charge in [-0.2, -0.15) is 12.6 Å². The first kappa shape index (κ1) is 16.4. The number of hydrogen-bond acceptors (Lipinski definition) is 5. The highest BCUT2D eigenvalue weighted by Crippen LogP contribution is 2.22. The molecule has 0 aliphatic carbocycles. The molecule has 0 saturated heterocycles. The summed E-state index contributed by atoms with van der Waals surface area (Å²) in [5.74, 6) is 0.312. The summed E-state index contributed by atoms with van der Waals surface area (Å²) in [6.07, 6.45) is 0. The Morgan fingerprint density at radius 2 is 1.95 bits per heavy atom. The number of carbonyl (C=O) groups excluding carboxylic acids is 1. The maximum atomic E-state index is 11.6. The molecule has 2 aromatic rings. The Hall–Kier alpha value is -1.98. The summed E-state index contributed by atoms with van der Waals surface area (Å²) in [5.41, 5.74) is 9.38. The molecule has 0 aromatic heterocycles. The lowest BCUT2D eigenvalue weighted by Gasteiger charge is -2.12. The van der Waals surface area contributed by atoms with Crippen molar-refractivity contribution in [2.75, 3.05) is 24.7 Å².